The maximum atomic E-state index is 11.9. The van der Waals surface area contributed by atoms with Gasteiger partial charge in [0.15, 0.2) is 0 Å². The molecule has 0 bridgehead atoms. The molecule has 98 valence electrons. The summed E-state index contributed by atoms with van der Waals surface area (Å²) in [6.45, 7) is 0.533. The van der Waals surface area contributed by atoms with Gasteiger partial charge in [-0.2, -0.15) is 0 Å². The molecule has 0 spiro atoms. The van der Waals surface area contributed by atoms with Crippen molar-refractivity contribution in [3.63, 3.8) is 0 Å². The normalized spacial score (nSPS) is 16.5. The van der Waals surface area contributed by atoms with Crippen molar-refractivity contribution in [2.45, 2.75) is 32.1 Å². The number of hydrogen-bond acceptors (Lipinski definition) is 3. The maximum Gasteiger partial charge on any atom is 0.338 e. The van der Waals surface area contributed by atoms with Gasteiger partial charge in [-0.25, -0.2) is 4.79 Å². The summed E-state index contributed by atoms with van der Waals surface area (Å²) in [5.41, 5.74) is 6.77. The van der Waals surface area contributed by atoms with Crippen LogP contribution in [0, 0.1) is 5.92 Å². The Hall–Kier alpha value is -1.03. The summed E-state index contributed by atoms with van der Waals surface area (Å²) in [6.07, 6.45) is 6.17. The molecule has 2 rings (SSSR count). The van der Waals surface area contributed by atoms with Crippen LogP contribution < -0.4 is 5.73 Å². The number of carbonyl (C=O) groups excluding carboxylic acids is 1. The highest BCUT2D eigenvalue weighted by Gasteiger charge is 2.16. The van der Waals surface area contributed by atoms with Gasteiger partial charge in [0.1, 0.15) is 0 Å². The van der Waals surface area contributed by atoms with Crippen molar-refractivity contribution in [3.05, 3.63) is 28.2 Å². The number of anilines is 1. The minimum absolute atomic E-state index is 0.284. The van der Waals surface area contributed by atoms with Crippen LogP contribution in [0.1, 0.15) is 42.5 Å². The van der Waals surface area contributed by atoms with Crippen molar-refractivity contribution in [2.24, 2.45) is 5.92 Å². The van der Waals surface area contributed by atoms with Crippen LogP contribution in [0.15, 0.2) is 22.7 Å². The van der Waals surface area contributed by atoms with Crippen LogP contribution in [-0.2, 0) is 4.74 Å². The number of rotatable bonds is 3. The van der Waals surface area contributed by atoms with Gasteiger partial charge in [-0.05, 0) is 37.0 Å². The molecule has 0 unspecified atom stereocenters. The SMILES string of the molecule is Nc1cc(Br)cc(C(=O)OCC2CCCCC2)c1. The molecule has 0 heterocycles. The molecule has 0 aliphatic heterocycles. The average Bonchev–Trinajstić information content (AvgIpc) is 2.36. The van der Waals surface area contributed by atoms with Gasteiger partial charge in [-0.15, -0.1) is 0 Å². The summed E-state index contributed by atoms with van der Waals surface area (Å²) in [6, 6.07) is 5.14. The summed E-state index contributed by atoms with van der Waals surface area (Å²) >= 11 is 3.32. The molecule has 2 N–H and O–H groups in total. The zero-order valence-corrected chi connectivity index (χ0v) is 11.9. The van der Waals surface area contributed by atoms with Crippen LogP contribution in [0.4, 0.5) is 5.69 Å². The topological polar surface area (TPSA) is 52.3 Å². The fourth-order valence-electron chi connectivity index (χ4n) is 2.36. The Kier molecular flexibility index (Phi) is 4.64. The van der Waals surface area contributed by atoms with Gasteiger partial charge in [0.2, 0.25) is 0 Å². The van der Waals surface area contributed by atoms with E-state index in [0.717, 1.165) is 4.47 Å². The second-order valence-corrected chi connectivity index (χ2v) is 5.79. The molecule has 1 aliphatic rings. The lowest BCUT2D eigenvalue weighted by Crippen LogP contribution is -2.16. The highest BCUT2D eigenvalue weighted by atomic mass is 79.9. The average molecular weight is 312 g/mol. The Morgan fingerprint density at radius 2 is 2.00 bits per heavy atom. The lowest BCUT2D eigenvalue weighted by Gasteiger charge is -2.21. The Balaban J connectivity index is 1.90. The van der Waals surface area contributed by atoms with Crippen molar-refractivity contribution >= 4 is 27.6 Å². The first-order valence-corrected chi connectivity index (χ1v) is 7.17. The molecule has 4 heteroatoms. The molecular formula is C14H18BrNO2. The molecule has 1 aromatic carbocycles. The second-order valence-electron chi connectivity index (χ2n) is 4.88. The number of carbonyl (C=O) groups is 1. The summed E-state index contributed by atoms with van der Waals surface area (Å²) in [5.74, 6) is 0.251. The number of nitrogens with two attached hydrogens (primary N) is 1. The molecule has 1 fully saturated rings. The predicted octanol–water partition coefficient (Wildman–Crippen LogP) is 3.77. The minimum Gasteiger partial charge on any atom is -0.462 e. The summed E-state index contributed by atoms with van der Waals surface area (Å²) in [4.78, 5) is 11.9. The molecule has 1 aromatic rings. The Morgan fingerprint density at radius 1 is 1.28 bits per heavy atom. The van der Waals surface area contributed by atoms with Crippen LogP contribution in [0.2, 0.25) is 0 Å². The Bertz CT molecular complexity index is 408. The van der Waals surface area contributed by atoms with Gasteiger partial charge >= 0.3 is 5.97 Å². The highest BCUT2D eigenvalue weighted by Crippen LogP contribution is 2.24. The van der Waals surface area contributed by atoms with E-state index in [2.05, 4.69) is 15.9 Å². The van der Waals surface area contributed by atoms with Crippen molar-refractivity contribution in [2.75, 3.05) is 12.3 Å². The summed E-state index contributed by atoms with van der Waals surface area (Å²) in [7, 11) is 0. The number of esters is 1. The molecule has 0 saturated heterocycles. The van der Waals surface area contributed by atoms with E-state index in [0.29, 0.717) is 23.8 Å². The molecule has 1 aliphatic carbocycles. The minimum atomic E-state index is -0.284. The molecule has 0 aromatic heterocycles. The number of hydrogen-bond donors (Lipinski definition) is 1. The fourth-order valence-corrected chi connectivity index (χ4v) is 2.87. The van der Waals surface area contributed by atoms with Gasteiger partial charge in [0.05, 0.1) is 12.2 Å². The van der Waals surface area contributed by atoms with Crippen molar-refractivity contribution < 1.29 is 9.53 Å². The molecule has 0 atom stereocenters. The standard InChI is InChI=1S/C14H18BrNO2/c15-12-6-11(7-13(16)8-12)14(17)18-9-10-4-2-1-3-5-10/h6-8,10H,1-5,9,16H2. The first-order valence-electron chi connectivity index (χ1n) is 6.38. The van der Waals surface area contributed by atoms with E-state index in [1.165, 1.54) is 32.1 Å². The van der Waals surface area contributed by atoms with E-state index in [-0.39, 0.29) is 5.97 Å². The molecular weight excluding hydrogens is 294 g/mol. The predicted molar refractivity (Wildman–Crippen MR) is 75.4 cm³/mol. The van der Waals surface area contributed by atoms with Crippen LogP contribution >= 0.6 is 15.9 Å². The monoisotopic (exact) mass is 311 g/mol. The van der Waals surface area contributed by atoms with Gasteiger partial charge in [-0.1, -0.05) is 35.2 Å². The summed E-state index contributed by atoms with van der Waals surface area (Å²) in [5, 5.41) is 0. The highest BCUT2D eigenvalue weighted by molar-refractivity contribution is 9.10. The first-order chi connectivity index (χ1) is 8.65. The van der Waals surface area contributed by atoms with Crippen LogP contribution in [0.5, 0.6) is 0 Å². The molecule has 18 heavy (non-hydrogen) atoms. The van der Waals surface area contributed by atoms with E-state index in [4.69, 9.17) is 10.5 Å². The third-order valence-corrected chi connectivity index (χ3v) is 3.79. The van der Waals surface area contributed by atoms with E-state index < -0.39 is 0 Å². The number of halogens is 1. The van der Waals surface area contributed by atoms with Gasteiger partial charge < -0.3 is 10.5 Å². The van der Waals surface area contributed by atoms with E-state index in [1.54, 1.807) is 18.2 Å². The van der Waals surface area contributed by atoms with Crippen LogP contribution in [0.3, 0.4) is 0 Å². The zero-order chi connectivity index (χ0) is 13.0. The third kappa shape index (κ3) is 3.73. The maximum absolute atomic E-state index is 11.9. The lowest BCUT2D eigenvalue weighted by molar-refractivity contribution is 0.0410. The Labute approximate surface area is 116 Å². The molecule has 0 radical (unpaired) electrons. The van der Waals surface area contributed by atoms with Gasteiger partial charge in [0, 0.05) is 10.2 Å². The molecule has 1 saturated carbocycles. The molecule has 3 nitrogen and oxygen atoms in total. The van der Waals surface area contributed by atoms with Gasteiger partial charge in [-0.3, -0.25) is 0 Å². The molecule has 0 amide bonds. The second kappa shape index (κ2) is 6.23. The zero-order valence-electron chi connectivity index (χ0n) is 10.3. The summed E-state index contributed by atoms with van der Waals surface area (Å²) < 4.78 is 6.16. The first kappa shape index (κ1) is 13.4. The third-order valence-electron chi connectivity index (χ3n) is 3.33. The van der Waals surface area contributed by atoms with Crippen molar-refractivity contribution in [1.29, 1.82) is 0 Å². The smallest absolute Gasteiger partial charge is 0.338 e. The van der Waals surface area contributed by atoms with Crippen LogP contribution in [-0.4, -0.2) is 12.6 Å². The lowest BCUT2D eigenvalue weighted by atomic mass is 9.90. The van der Waals surface area contributed by atoms with E-state index in [1.807, 2.05) is 0 Å². The van der Waals surface area contributed by atoms with Crippen molar-refractivity contribution in [1.82, 2.24) is 0 Å². The quantitative estimate of drug-likeness (QED) is 0.683. The fraction of sp³-hybridized carbons (Fsp3) is 0.500. The Morgan fingerprint density at radius 3 is 2.67 bits per heavy atom. The van der Waals surface area contributed by atoms with E-state index in [9.17, 15) is 4.79 Å². The number of benzene rings is 1. The van der Waals surface area contributed by atoms with Crippen LogP contribution in [0.25, 0.3) is 0 Å². The number of ether oxygens (including phenoxy) is 1. The number of nitrogen functional groups attached to an aromatic ring is 1. The van der Waals surface area contributed by atoms with E-state index >= 15 is 0 Å². The van der Waals surface area contributed by atoms with Gasteiger partial charge in [0.25, 0.3) is 0 Å². The largest absolute Gasteiger partial charge is 0.462 e. The van der Waals surface area contributed by atoms with Crippen molar-refractivity contribution in [3.8, 4) is 0 Å².